The van der Waals surface area contributed by atoms with Gasteiger partial charge in [0.15, 0.2) is 0 Å². The van der Waals surface area contributed by atoms with Crippen LogP contribution >= 0.6 is 0 Å². The van der Waals surface area contributed by atoms with Crippen LogP contribution in [0.25, 0.3) is 0 Å². The van der Waals surface area contributed by atoms with Crippen molar-refractivity contribution in [2.45, 2.75) is 19.8 Å². The molecule has 0 heterocycles. The average Bonchev–Trinajstić information content (AvgIpc) is 2.69. The average molecular weight is 430 g/mol. The van der Waals surface area contributed by atoms with Crippen molar-refractivity contribution in [2.75, 3.05) is 29.0 Å². The number of nitrogens with zero attached hydrogens (tertiary/aromatic N) is 1. The molecule has 0 unspecified atom stereocenters. The lowest BCUT2D eigenvalue weighted by Crippen LogP contribution is -2.31. The smallest absolute Gasteiger partial charge is 0.253 e. The van der Waals surface area contributed by atoms with Gasteiger partial charge < -0.3 is 10.6 Å². The zero-order valence-electron chi connectivity index (χ0n) is 17.2. The summed E-state index contributed by atoms with van der Waals surface area (Å²) in [7, 11) is -3.48. The van der Waals surface area contributed by atoms with Gasteiger partial charge in [0, 0.05) is 19.5 Å². The summed E-state index contributed by atoms with van der Waals surface area (Å²) in [6.45, 7) is 5.95. The van der Waals surface area contributed by atoms with Crippen LogP contribution in [0.3, 0.4) is 0 Å². The molecule has 160 valence electrons. The van der Waals surface area contributed by atoms with Gasteiger partial charge in [-0.15, -0.1) is 6.58 Å². The molecule has 30 heavy (non-hydrogen) atoms. The molecule has 8 heteroatoms. The Labute approximate surface area is 177 Å². The maximum absolute atomic E-state index is 12.4. The van der Waals surface area contributed by atoms with Crippen LogP contribution in [0.2, 0.25) is 0 Å². The molecule has 0 aliphatic heterocycles. The first-order valence-corrected chi connectivity index (χ1v) is 11.4. The van der Waals surface area contributed by atoms with Gasteiger partial charge in [-0.3, -0.25) is 13.9 Å². The standard InChI is InChI=1S/C22H27N3O4S/c1-4-14-23-22(27)19-11-5-6-12-20(19)24-21(26)13-8-15-25(30(3,28)29)18-10-7-9-17(2)16-18/h4-7,9-12,16H,1,8,13-15H2,2-3H3,(H,23,27)(H,24,26). The van der Waals surface area contributed by atoms with E-state index in [9.17, 15) is 18.0 Å². The molecule has 2 rings (SSSR count). The van der Waals surface area contributed by atoms with Crippen molar-refractivity contribution in [3.63, 3.8) is 0 Å². The van der Waals surface area contributed by atoms with Crippen LogP contribution in [-0.2, 0) is 14.8 Å². The van der Waals surface area contributed by atoms with E-state index >= 15 is 0 Å². The summed E-state index contributed by atoms with van der Waals surface area (Å²) in [5.41, 5.74) is 2.28. The van der Waals surface area contributed by atoms with E-state index in [-0.39, 0.29) is 24.8 Å². The molecular formula is C22H27N3O4S. The Morgan fingerprint density at radius 1 is 1.13 bits per heavy atom. The first-order chi connectivity index (χ1) is 14.2. The van der Waals surface area contributed by atoms with Crippen molar-refractivity contribution in [3.8, 4) is 0 Å². The summed E-state index contributed by atoms with van der Waals surface area (Å²) < 4.78 is 25.7. The van der Waals surface area contributed by atoms with Gasteiger partial charge in [0.1, 0.15) is 0 Å². The number of hydrogen-bond donors (Lipinski definition) is 2. The quantitative estimate of drug-likeness (QED) is 0.567. The van der Waals surface area contributed by atoms with E-state index in [4.69, 9.17) is 0 Å². The number of anilines is 2. The van der Waals surface area contributed by atoms with E-state index in [1.165, 1.54) is 4.31 Å². The molecule has 2 amide bonds. The predicted molar refractivity (Wildman–Crippen MR) is 120 cm³/mol. The van der Waals surface area contributed by atoms with Gasteiger partial charge in [0.25, 0.3) is 5.91 Å². The number of rotatable bonds is 10. The van der Waals surface area contributed by atoms with Crippen molar-refractivity contribution >= 4 is 33.2 Å². The van der Waals surface area contributed by atoms with E-state index in [0.29, 0.717) is 29.9 Å². The summed E-state index contributed by atoms with van der Waals surface area (Å²) in [6.07, 6.45) is 3.16. The maximum atomic E-state index is 12.4. The molecule has 0 bridgehead atoms. The van der Waals surface area contributed by atoms with Gasteiger partial charge in [-0.05, 0) is 43.2 Å². The third kappa shape index (κ3) is 6.73. The van der Waals surface area contributed by atoms with Gasteiger partial charge in [-0.25, -0.2) is 8.42 Å². The summed E-state index contributed by atoms with van der Waals surface area (Å²) in [6, 6.07) is 13.9. The molecule has 7 nitrogen and oxygen atoms in total. The Bertz CT molecular complexity index is 1020. The Morgan fingerprint density at radius 2 is 1.87 bits per heavy atom. The number of benzene rings is 2. The number of para-hydroxylation sites is 1. The van der Waals surface area contributed by atoms with Gasteiger partial charge in [-0.1, -0.05) is 30.3 Å². The fourth-order valence-electron chi connectivity index (χ4n) is 2.92. The molecule has 2 aromatic carbocycles. The van der Waals surface area contributed by atoms with E-state index < -0.39 is 10.0 Å². The van der Waals surface area contributed by atoms with E-state index in [1.54, 1.807) is 48.5 Å². The Hall–Kier alpha value is -3.13. The van der Waals surface area contributed by atoms with Gasteiger partial charge in [0.05, 0.1) is 23.2 Å². The highest BCUT2D eigenvalue weighted by Gasteiger charge is 2.18. The summed E-state index contributed by atoms with van der Waals surface area (Å²) >= 11 is 0. The molecule has 2 N–H and O–H groups in total. The van der Waals surface area contributed by atoms with E-state index in [0.717, 1.165) is 11.8 Å². The number of amides is 2. The van der Waals surface area contributed by atoms with E-state index in [2.05, 4.69) is 17.2 Å². The second-order valence-electron chi connectivity index (χ2n) is 6.87. The highest BCUT2D eigenvalue weighted by atomic mass is 32.2. The number of carbonyl (C=O) groups is 2. The lowest BCUT2D eigenvalue weighted by Gasteiger charge is -2.22. The monoisotopic (exact) mass is 429 g/mol. The molecule has 0 saturated heterocycles. The van der Waals surface area contributed by atoms with Gasteiger partial charge >= 0.3 is 0 Å². The molecule has 0 aliphatic carbocycles. The topological polar surface area (TPSA) is 95.6 Å². The van der Waals surface area contributed by atoms with Crippen molar-refractivity contribution < 1.29 is 18.0 Å². The van der Waals surface area contributed by atoms with Crippen molar-refractivity contribution in [1.82, 2.24) is 5.32 Å². The zero-order chi connectivity index (χ0) is 22.1. The molecule has 2 aromatic rings. The Balaban J connectivity index is 2.01. The maximum Gasteiger partial charge on any atom is 0.253 e. The molecule has 0 spiro atoms. The predicted octanol–water partition coefficient (Wildman–Crippen LogP) is 3.10. The van der Waals surface area contributed by atoms with Crippen LogP contribution < -0.4 is 14.9 Å². The minimum Gasteiger partial charge on any atom is -0.349 e. The number of nitrogens with one attached hydrogen (secondary N) is 2. The molecule has 0 aromatic heterocycles. The Kier molecular flexibility index (Phi) is 8.17. The summed E-state index contributed by atoms with van der Waals surface area (Å²) in [4.78, 5) is 24.6. The van der Waals surface area contributed by atoms with Crippen LogP contribution in [0.1, 0.15) is 28.8 Å². The normalized spacial score (nSPS) is 10.9. The van der Waals surface area contributed by atoms with Crippen molar-refractivity contribution in [1.29, 1.82) is 0 Å². The zero-order valence-corrected chi connectivity index (χ0v) is 18.0. The van der Waals surface area contributed by atoms with E-state index in [1.807, 2.05) is 13.0 Å². The summed E-state index contributed by atoms with van der Waals surface area (Å²) in [5.74, 6) is -0.606. The fourth-order valence-corrected chi connectivity index (χ4v) is 3.87. The minimum absolute atomic E-state index is 0.112. The summed E-state index contributed by atoms with van der Waals surface area (Å²) in [5, 5.41) is 5.41. The molecule has 0 radical (unpaired) electrons. The molecular weight excluding hydrogens is 402 g/mol. The third-order valence-electron chi connectivity index (χ3n) is 4.31. The lowest BCUT2D eigenvalue weighted by molar-refractivity contribution is -0.116. The number of sulfonamides is 1. The second kappa shape index (κ2) is 10.6. The van der Waals surface area contributed by atoms with Gasteiger partial charge in [-0.2, -0.15) is 0 Å². The molecule has 0 fully saturated rings. The lowest BCUT2D eigenvalue weighted by atomic mass is 10.1. The fraction of sp³-hybridized carbons (Fsp3) is 0.273. The van der Waals surface area contributed by atoms with Crippen LogP contribution in [-0.4, -0.2) is 39.6 Å². The first-order valence-electron chi connectivity index (χ1n) is 9.54. The third-order valence-corrected chi connectivity index (χ3v) is 5.50. The number of aryl methyl sites for hydroxylation is 1. The van der Waals surface area contributed by atoms with Crippen molar-refractivity contribution in [3.05, 3.63) is 72.3 Å². The first kappa shape index (κ1) is 23.2. The SMILES string of the molecule is C=CCNC(=O)c1ccccc1NC(=O)CCCN(c1cccc(C)c1)S(C)(=O)=O. The highest BCUT2D eigenvalue weighted by Crippen LogP contribution is 2.20. The molecule has 0 saturated carbocycles. The van der Waals surface area contributed by atoms with Crippen LogP contribution in [0.5, 0.6) is 0 Å². The van der Waals surface area contributed by atoms with Crippen molar-refractivity contribution in [2.24, 2.45) is 0 Å². The Morgan fingerprint density at radius 3 is 2.53 bits per heavy atom. The minimum atomic E-state index is -3.48. The number of hydrogen-bond acceptors (Lipinski definition) is 4. The molecule has 0 atom stereocenters. The highest BCUT2D eigenvalue weighted by molar-refractivity contribution is 7.92. The van der Waals surface area contributed by atoms with Crippen LogP contribution in [0.15, 0.2) is 61.2 Å². The van der Waals surface area contributed by atoms with Gasteiger partial charge in [0.2, 0.25) is 15.9 Å². The molecule has 0 aliphatic rings. The second-order valence-corrected chi connectivity index (χ2v) is 8.78. The van der Waals surface area contributed by atoms with Crippen LogP contribution in [0.4, 0.5) is 11.4 Å². The van der Waals surface area contributed by atoms with Crippen LogP contribution in [0, 0.1) is 6.92 Å². The largest absolute Gasteiger partial charge is 0.349 e. The number of carbonyl (C=O) groups excluding carboxylic acids is 2.